The molecule has 0 unspecified atom stereocenters. The summed E-state index contributed by atoms with van der Waals surface area (Å²) < 4.78 is 39.6. The zero-order valence-corrected chi connectivity index (χ0v) is 13.2. The molecule has 0 bridgehead atoms. The molecule has 0 radical (unpaired) electrons. The van der Waals surface area contributed by atoms with E-state index >= 15 is 0 Å². The lowest BCUT2D eigenvalue weighted by molar-refractivity contribution is -0.140. The highest BCUT2D eigenvalue weighted by Gasteiger charge is 2.34. The van der Waals surface area contributed by atoms with Crippen molar-refractivity contribution >= 4 is 5.69 Å². The van der Waals surface area contributed by atoms with Crippen molar-refractivity contribution < 1.29 is 18.3 Å². The quantitative estimate of drug-likeness (QED) is 0.761. The Kier molecular flexibility index (Phi) is 4.12. The number of nitrogens with two attached hydrogens (primary N) is 1. The fraction of sp³-hybridized carbons (Fsp3) is 0.176. The van der Waals surface area contributed by atoms with E-state index in [4.69, 9.17) is 5.73 Å². The highest BCUT2D eigenvalue weighted by atomic mass is 19.4. The van der Waals surface area contributed by atoms with Crippen LogP contribution in [0.1, 0.15) is 17.0 Å². The molecular weight excluding hydrogens is 333 g/mol. The number of halogens is 3. The average molecular weight is 348 g/mol. The van der Waals surface area contributed by atoms with Gasteiger partial charge in [0.15, 0.2) is 11.4 Å². The molecule has 8 heteroatoms. The summed E-state index contributed by atoms with van der Waals surface area (Å²) in [7, 11) is 1.51. The standard InChI is InChI=1S/C17H15F3N4O/c1-24-9-14(17(18,19)20)23-16(24)11-4-2-10(3-5-11)8-13-15(25)12(21)6-7-22-13/h2-7,9,25H,8H2,1H3,(H2,21,22). The molecule has 0 saturated heterocycles. The Hall–Kier alpha value is -3.03. The predicted octanol–water partition coefficient (Wildman–Crippen LogP) is 3.38. The number of benzene rings is 1. The summed E-state index contributed by atoms with van der Waals surface area (Å²) in [6, 6.07) is 8.37. The Morgan fingerprint density at radius 3 is 2.44 bits per heavy atom. The number of aromatic nitrogens is 3. The summed E-state index contributed by atoms with van der Waals surface area (Å²) in [6.07, 6.45) is -1.67. The highest BCUT2D eigenvalue weighted by Crippen LogP contribution is 2.31. The minimum Gasteiger partial charge on any atom is -0.504 e. The number of alkyl halides is 3. The van der Waals surface area contributed by atoms with Gasteiger partial charge in [-0.1, -0.05) is 24.3 Å². The van der Waals surface area contributed by atoms with Gasteiger partial charge >= 0.3 is 6.18 Å². The summed E-state index contributed by atoms with van der Waals surface area (Å²) in [5.41, 5.74) is 6.78. The molecule has 0 aliphatic heterocycles. The molecule has 0 spiro atoms. The van der Waals surface area contributed by atoms with Gasteiger partial charge in [-0.05, 0) is 11.6 Å². The molecule has 1 aromatic carbocycles. The summed E-state index contributed by atoms with van der Waals surface area (Å²) in [6.45, 7) is 0. The van der Waals surface area contributed by atoms with Crippen molar-refractivity contribution in [2.75, 3.05) is 5.73 Å². The van der Waals surface area contributed by atoms with E-state index in [1.807, 2.05) is 0 Å². The summed E-state index contributed by atoms with van der Waals surface area (Å²) in [5, 5.41) is 9.90. The molecule has 3 aromatic rings. The Morgan fingerprint density at radius 1 is 1.16 bits per heavy atom. The monoisotopic (exact) mass is 348 g/mol. The lowest BCUT2D eigenvalue weighted by Gasteiger charge is -2.07. The lowest BCUT2D eigenvalue weighted by Crippen LogP contribution is -2.04. The first-order valence-corrected chi connectivity index (χ1v) is 7.38. The molecule has 0 aliphatic rings. The number of aryl methyl sites for hydroxylation is 1. The smallest absolute Gasteiger partial charge is 0.434 e. The zero-order chi connectivity index (χ0) is 18.2. The van der Waals surface area contributed by atoms with E-state index in [0.29, 0.717) is 17.7 Å². The number of nitrogen functional groups attached to an aromatic ring is 1. The van der Waals surface area contributed by atoms with Gasteiger partial charge in [-0.25, -0.2) is 4.98 Å². The fourth-order valence-corrected chi connectivity index (χ4v) is 2.48. The van der Waals surface area contributed by atoms with Crippen LogP contribution in [0.3, 0.4) is 0 Å². The molecule has 3 rings (SSSR count). The Labute approximate surface area is 141 Å². The third-order valence-electron chi connectivity index (χ3n) is 3.78. The van der Waals surface area contributed by atoms with Crippen LogP contribution in [0.5, 0.6) is 5.75 Å². The maximum atomic E-state index is 12.8. The second-order valence-electron chi connectivity index (χ2n) is 5.63. The topological polar surface area (TPSA) is 77.0 Å². The molecule has 2 heterocycles. The van der Waals surface area contributed by atoms with Crippen LogP contribution in [0, 0.1) is 0 Å². The molecule has 0 saturated carbocycles. The molecule has 0 atom stereocenters. The second-order valence-corrected chi connectivity index (χ2v) is 5.63. The number of rotatable bonds is 3. The van der Waals surface area contributed by atoms with Gasteiger partial charge in [-0.15, -0.1) is 0 Å². The van der Waals surface area contributed by atoms with E-state index < -0.39 is 11.9 Å². The maximum Gasteiger partial charge on any atom is 0.434 e. The van der Waals surface area contributed by atoms with Crippen LogP contribution in [-0.4, -0.2) is 19.6 Å². The molecule has 3 N–H and O–H groups in total. The highest BCUT2D eigenvalue weighted by molar-refractivity contribution is 5.58. The molecular formula is C17H15F3N4O. The van der Waals surface area contributed by atoms with Crippen molar-refractivity contribution in [1.82, 2.24) is 14.5 Å². The van der Waals surface area contributed by atoms with Crippen molar-refractivity contribution in [3.05, 3.63) is 59.7 Å². The SMILES string of the molecule is Cn1cc(C(F)(F)F)nc1-c1ccc(Cc2nccc(N)c2O)cc1. The third-order valence-corrected chi connectivity index (χ3v) is 3.78. The molecule has 0 amide bonds. The van der Waals surface area contributed by atoms with Gasteiger partial charge in [0, 0.05) is 31.4 Å². The van der Waals surface area contributed by atoms with Crippen molar-refractivity contribution in [3.8, 4) is 17.1 Å². The normalized spacial score (nSPS) is 11.7. The number of pyridine rings is 1. The van der Waals surface area contributed by atoms with Crippen LogP contribution in [-0.2, 0) is 19.6 Å². The van der Waals surface area contributed by atoms with Crippen LogP contribution in [0.2, 0.25) is 0 Å². The summed E-state index contributed by atoms with van der Waals surface area (Å²) in [4.78, 5) is 7.75. The minimum absolute atomic E-state index is 0.0644. The van der Waals surface area contributed by atoms with Crippen LogP contribution >= 0.6 is 0 Å². The Bertz CT molecular complexity index is 901. The van der Waals surface area contributed by atoms with Crippen LogP contribution < -0.4 is 5.73 Å². The third kappa shape index (κ3) is 3.42. The van der Waals surface area contributed by atoms with E-state index in [0.717, 1.165) is 11.8 Å². The Morgan fingerprint density at radius 2 is 1.84 bits per heavy atom. The first kappa shape index (κ1) is 16.8. The van der Waals surface area contributed by atoms with E-state index in [1.54, 1.807) is 24.3 Å². The number of anilines is 1. The number of aromatic hydroxyl groups is 1. The van der Waals surface area contributed by atoms with Crippen molar-refractivity contribution in [3.63, 3.8) is 0 Å². The number of nitrogens with zero attached hydrogens (tertiary/aromatic N) is 3. The van der Waals surface area contributed by atoms with Gasteiger partial charge in [0.05, 0.1) is 11.4 Å². The number of hydrogen-bond donors (Lipinski definition) is 2. The molecule has 5 nitrogen and oxygen atoms in total. The van der Waals surface area contributed by atoms with Gasteiger partial charge in [0.2, 0.25) is 0 Å². The molecule has 25 heavy (non-hydrogen) atoms. The van der Waals surface area contributed by atoms with Crippen LogP contribution in [0.4, 0.5) is 18.9 Å². The summed E-state index contributed by atoms with van der Waals surface area (Å²) in [5.74, 6) is 0.161. The largest absolute Gasteiger partial charge is 0.504 e. The van der Waals surface area contributed by atoms with Crippen LogP contribution in [0.15, 0.2) is 42.7 Å². The van der Waals surface area contributed by atoms with Gasteiger partial charge in [-0.2, -0.15) is 13.2 Å². The molecule has 2 aromatic heterocycles. The first-order valence-electron chi connectivity index (χ1n) is 7.38. The number of imidazole rings is 1. The lowest BCUT2D eigenvalue weighted by atomic mass is 10.1. The Balaban J connectivity index is 1.86. The minimum atomic E-state index is -4.48. The first-order chi connectivity index (χ1) is 11.8. The van der Waals surface area contributed by atoms with E-state index in [1.165, 1.54) is 23.9 Å². The maximum absolute atomic E-state index is 12.8. The van der Waals surface area contributed by atoms with Crippen molar-refractivity contribution in [2.45, 2.75) is 12.6 Å². The molecule has 130 valence electrons. The van der Waals surface area contributed by atoms with E-state index in [-0.39, 0.29) is 17.3 Å². The number of hydrogen-bond acceptors (Lipinski definition) is 4. The zero-order valence-electron chi connectivity index (χ0n) is 13.2. The second kappa shape index (κ2) is 6.12. The van der Waals surface area contributed by atoms with Gasteiger partial charge in [0.25, 0.3) is 0 Å². The van der Waals surface area contributed by atoms with E-state index in [9.17, 15) is 18.3 Å². The van der Waals surface area contributed by atoms with Gasteiger partial charge < -0.3 is 15.4 Å². The van der Waals surface area contributed by atoms with Crippen molar-refractivity contribution in [1.29, 1.82) is 0 Å². The predicted molar refractivity (Wildman–Crippen MR) is 86.8 cm³/mol. The van der Waals surface area contributed by atoms with Gasteiger partial charge in [0.1, 0.15) is 5.82 Å². The van der Waals surface area contributed by atoms with Crippen molar-refractivity contribution in [2.24, 2.45) is 7.05 Å². The average Bonchev–Trinajstić information content (AvgIpc) is 2.95. The van der Waals surface area contributed by atoms with Crippen LogP contribution in [0.25, 0.3) is 11.4 Å². The molecule has 0 fully saturated rings. The summed E-state index contributed by atoms with van der Waals surface area (Å²) >= 11 is 0. The van der Waals surface area contributed by atoms with E-state index in [2.05, 4.69) is 9.97 Å². The van der Waals surface area contributed by atoms with Gasteiger partial charge in [-0.3, -0.25) is 4.98 Å². The molecule has 0 aliphatic carbocycles. The fourth-order valence-electron chi connectivity index (χ4n) is 2.48.